The zero-order valence-electron chi connectivity index (χ0n) is 10.9. The Bertz CT molecular complexity index is 190. The van der Waals surface area contributed by atoms with Crippen molar-refractivity contribution in [2.45, 2.75) is 40.2 Å². The van der Waals surface area contributed by atoms with E-state index in [-0.39, 0.29) is 17.9 Å². The molecule has 0 N–H and O–H groups in total. The second-order valence-corrected chi connectivity index (χ2v) is 4.78. The molecule has 2 atom stereocenters. The standard InChI is InChI=1S/C12H25NO2/c1-9(2)7-8-15-11(4)10(3)12(14)13(5)6/h9-11H,7-8H2,1-6H3. The molecule has 3 heteroatoms. The van der Waals surface area contributed by atoms with Crippen LogP contribution in [0.3, 0.4) is 0 Å². The molecule has 0 heterocycles. The minimum absolute atomic E-state index is 0.00125. The molecule has 0 rings (SSSR count). The molecular weight excluding hydrogens is 190 g/mol. The third-order valence-corrected chi connectivity index (χ3v) is 2.61. The van der Waals surface area contributed by atoms with Gasteiger partial charge in [-0.2, -0.15) is 0 Å². The van der Waals surface area contributed by atoms with Crippen LogP contribution in [-0.4, -0.2) is 37.6 Å². The Morgan fingerprint density at radius 2 is 1.73 bits per heavy atom. The zero-order valence-corrected chi connectivity index (χ0v) is 10.9. The van der Waals surface area contributed by atoms with E-state index in [0.717, 1.165) is 13.0 Å². The van der Waals surface area contributed by atoms with Crippen LogP contribution in [-0.2, 0) is 9.53 Å². The smallest absolute Gasteiger partial charge is 0.227 e. The predicted molar refractivity (Wildman–Crippen MR) is 62.7 cm³/mol. The van der Waals surface area contributed by atoms with Gasteiger partial charge in [0.1, 0.15) is 0 Å². The van der Waals surface area contributed by atoms with Crippen molar-refractivity contribution in [1.82, 2.24) is 4.90 Å². The first kappa shape index (κ1) is 14.4. The van der Waals surface area contributed by atoms with Gasteiger partial charge in [0.05, 0.1) is 12.0 Å². The molecule has 0 aliphatic carbocycles. The Morgan fingerprint density at radius 3 is 2.13 bits per heavy atom. The highest BCUT2D eigenvalue weighted by Crippen LogP contribution is 2.11. The SMILES string of the molecule is CC(C)CCOC(C)C(C)C(=O)N(C)C. The highest BCUT2D eigenvalue weighted by molar-refractivity contribution is 5.78. The topological polar surface area (TPSA) is 29.5 Å². The maximum Gasteiger partial charge on any atom is 0.227 e. The van der Waals surface area contributed by atoms with Crippen molar-refractivity contribution in [3.63, 3.8) is 0 Å². The van der Waals surface area contributed by atoms with Crippen LogP contribution in [0.15, 0.2) is 0 Å². The summed E-state index contributed by atoms with van der Waals surface area (Å²) >= 11 is 0. The molecule has 0 saturated heterocycles. The van der Waals surface area contributed by atoms with E-state index >= 15 is 0 Å². The molecule has 0 aliphatic rings. The number of nitrogens with zero attached hydrogens (tertiary/aromatic N) is 1. The Kier molecular flexibility index (Phi) is 6.57. The Hall–Kier alpha value is -0.570. The zero-order chi connectivity index (χ0) is 12.0. The van der Waals surface area contributed by atoms with E-state index < -0.39 is 0 Å². The lowest BCUT2D eigenvalue weighted by Gasteiger charge is -2.23. The van der Waals surface area contributed by atoms with Gasteiger partial charge in [-0.05, 0) is 19.3 Å². The van der Waals surface area contributed by atoms with Gasteiger partial charge < -0.3 is 9.64 Å². The molecule has 0 aromatic rings. The number of ether oxygens (including phenoxy) is 1. The van der Waals surface area contributed by atoms with Gasteiger partial charge in [0.15, 0.2) is 0 Å². The second-order valence-electron chi connectivity index (χ2n) is 4.78. The minimum Gasteiger partial charge on any atom is -0.378 e. The molecule has 15 heavy (non-hydrogen) atoms. The summed E-state index contributed by atoms with van der Waals surface area (Å²) in [5.41, 5.74) is 0. The third kappa shape index (κ3) is 5.78. The van der Waals surface area contributed by atoms with Crippen molar-refractivity contribution in [2.75, 3.05) is 20.7 Å². The maximum absolute atomic E-state index is 11.6. The van der Waals surface area contributed by atoms with E-state index in [0.29, 0.717) is 5.92 Å². The van der Waals surface area contributed by atoms with Crippen LogP contribution in [0.25, 0.3) is 0 Å². The van der Waals surface area contributed by atoms with Gasteiger partial charge in [0.25, 0.3) is 0 Å². The summed E-state index contributed by atoms with van der Waals surface area (Å²) in [7, 11) is 3.55. The average Bonchev–Trinajstić information content (AvgIpc) is 2.14. The molecule has 0 aromatic carbocycles. The quantitative estimate of drug-likeness (QED) is 0.679. The third-order valence-electron chi connectivity index (χ3n) is 2.61. The lowest BCUT2D eigenvalue weighted by molar-refractivity contribution is -0.137. The molecule has 1 amide bonds. The van der Waals surface area contributed by atoms with Crippen LogP contribution in [0.1, 0.15) is 34.1 Å². The van der Waals surface area contributed by atoms with E-state index in [4.69, 9.17) is 4.74 Å². The molecule has 2 unspecified atom stereocenters. The van der Waals surface area contributed by atoms with E-state index in [9.17, 15) is 4.79 Å². The summed E-state index contributed by atoms with van der Waals surface area (Å²) in [6, 6.07) is 0. The van der Waals surface area contributed by atoms with Crippen molar-refractivity contribution in [2.24, 2.45) is 11.8 Å². The first-order valence-electron chi connectivity index (χ1n) is 5.69. The normalized spacial score (nSPS) is 15.1. The number of hydrogen-bond acceptors (Lipinski definition) is 2. The van der Waals surface area contributed by atoms with Crippen molar-refractivity contribution >= 4 is 5.91 Å². The summed E-state index contributed by atoms with van der Waals surface area (Å²) in [4.78, 5) is 13.2. The van der Waals surface area contributed by atoms with Crippen molar-refractivity contribution in [1.29, 1.82) is 0 Å². The monoisotopic (exact) mass is 215 g/mol. The highest BCUT2D eigenvalue weighted by Gasteiger charge is 2.21. The number of carbonyl (C=O) groups excluding carboxylic acids is 1. The molecule has 0 radical (unpaired) electrons. The average molecular weight is 215 g/mol. The first-order chi connectivity index (χ1) is 6.86. The number of rotatable bonds is 6. The fourth-order valence-electron chi connectivity index (χ4n) is 1.24. The predicted octanol–water partition coefficient (Wildman–Crippen LogP) is 2.16. The minimum atomic E-state index is -0.0628. The van der Waals surface area contributed by atoms with Crippen molar-refractivity contribution < 1.29 is 9.53 Å². The molecule has 0 fully saturated rings. The summed E-state index contributed by atoms with van der Waals surface area (Å²) in [6.07, 6.45) is 1.05. The van der Waals surface area contributed by atoms with E-state index in [1.807, 2.05) is 13.8 Å². The van der Waals surface area contributed by atoms with Crippen LogP contribution in [0.5, 0.6) is 0 Å². The lowest BCUT2D eigenvalue weighted by atomic mass is 10.0. The molecule has 90 valence electrons. The molecule has 3 nitrogen and oxygen atoms in total. The number of hydrogen-bond donors (Lipinski definition) is 0. The van der Waals surface area contributed by atoms with Gasteiger partial charge >= 0.3 is 0 Å². The second kappa shape index (κ2) is 6.83. The molecular formula is C12H25NO2. The van der Waals surface area contributed by atoms with Gasteiger partial charge in [-0.1, -0.05) is 20.8 Å². The Morgan fingerprint density at radius 1 is 1.20 bits per heavy atom. The van der Waals surface area contributed by atoms with E-state index in [1.54, 1.807) is 19.0 Å². The van der Waals surface area contributed by atoms with Gasteiger partial charge in [-0.25, -0.2) is 0 Å². The summed E-state index contributed by atoms with van der Waals surface area (Å²) in [5.74, 6) is 0.719. The van der Waals surface area contributed by atoms with Gasteiger partial charge in [-0.3, -0.25) is 4.79 Å². The summed E-state index contributed by atoms with van der Waals surface area (Å²) < 4.78 is 5.64. The van der Waals surface area contributed by atoms with Crippen molar-refractivity contribution in [3.8, 4) is 0 Å². The van der Waals surface area contributed by atoms with E-state index in [2.05, 4.69) is 13.8 Å². The molecule has 0 spiro atoms. The van der Waals surface area contributed by atoms with Gasteiger partial charge in [0.2, 0.25) is 5.91 Å². The highest BCUT2D eigenvalue weighted by atomic mass is 16.5. The van der Waals surface area contributed by atoms with Crippen LogP contribution in [0.4, 0.5) is 0 Å². The van der Waals surface area contributed by atoms with Crippen molar-refractivity contribution in [3.05, 3.63) is 0 Å². The first-order valence-corrected chi connectivity index (χ1v) is 5.69. The number of amides is 1. The Labute approximate surface area is 93.8 Å². The molecule has 0 aromatic heterocycles. The maximum atomic E-state index is 11.6. The van der Waals surface area contributed by atoms with Gasteiger partial charge in [0, 0.05) is 20.7 Å². The van der Waals surface area contributed by atoms with Gasteiger partial charge in [-0.15, -0.1) is 0 Å². The fourth-order valence-corrected chi connectivity index (χ4v) is 1.24. The summed E-state index contributed by atoms with van der Waals surface area (Å²) in [5, 5.41) is 0. The van der Waals surface area contributed by atoms with Crippen LogP contribution in [0.2, 0.25) is 0 Å². The van der Waals surface area contributed by atoms with E-state index in [1.165, 1.54) is 0 Å². The summed E-state index contributed by atoms with van der Waals surface area (Å²) in [6.45, 7) is 8.96. The van der Waals surface area contributed by atoms with Crippen LogP contribution < -0.4 is 0 Å². The largest absolute Gasteiger partial charge is 0.378 e. The Balaban J connectivity index is 3.88. The van der Waals surface area contributed by atoms with Crippen LogP contribution >= 0.6 is 0 Å². The fraction of sp³-hybridized carbons (Fsp3) is 0.917. The number of carbonyl (C=O) groups is 1. The molecule has 0 bridgehead atoms. The molecule has 0 saturated carbocycles. The molecule has 0 aliphatic heterocycles. The van der Waals surface area contributed by atoms with Crippen LogP contribution in [0, 0.1) is 11.8 Å². The lowest BCUT2D eigenvalue weighted by Crippen LogP contribution is -2.35.